The Balaban J connectivity index is 2.17. The summed E-state index contributed by atoms with van der Waals surface area (Å²) in [4.78, 5) is 4.14. The number of benzene rings is 2. The van der Waals surface area contributed by atoms with Crippen molar-refractivity contribution < 1.29 is 0 Å². The van der Waals surface area contributed by atoms with Gasteiger partial charge < -0.3 is 5.73 Å². The van der Waals surface area contributed by atoms with Crippen LogP contribution in [0.1, 0.15) is 17.2 Å². The van der Waals surface area contributed by atoms with E-state index in [9.17, 15) is 0 Å². The summed E-state index contributed by atoms with van der Waals surface area (Å²) in [6, 6.07) is 15.5. The van der Waals surface area contributed by atoms with E-state index in [1.54, 1.807) is 6.20 Å². The minimum absolute atomic E-state index is 0.236. The van der Waals surface area contributed by atoms with Crippen LogP contribution < -0.4 is 5.73 Å². The van der Waals surface area contributed by atoms with Crippen molar-refractivity contribution in [2.45, 2.75) is 6.04 Å². The van der Waals surface area contributed by atoms with E-state index in [0.717, 1.165) is 21.9 Å². The third kappa shape index (κ3) is 2.21. The second kappa shape index (κ2) is 5.00. The lowest BCUT2D eigenvalue weighted by molar-refractivity contribution is 0.881. The van der Waals surface area contributed by atoms with E-state index < -0.39 is 0 Å². The number of halogens is 1. The van der Waals surface area contributed by atoms with Crippen LogP contribution >= 0.6 is 11.6 Å². The van der Waals surface area contributed by atoms with Crippen molar-refractivity contribution in [3.63, 3.8) is 0 Å². The van der Waals surface area contributed by atoms with Gasteiger partial charge in [0.2, 0.25) is 0 Å². The number of nitrogens with two attached hydrogens (primary N) is 1. The van der Waals surface area contributed by atoms with E-state index in [-0.39, 0.29) is 6.04 Å². The van der Waals surface area contributed by atoms with Gasteiger partial charge in [-0.05, 0) is 28.6 Å². The molecule has 3 rings (SSSR count). The van der Waals surface area contributed by atoms with Crippen LogP contribution in [-0.4, -0.2) is 4.98 Å². The summed E-state index contributed by atoms with van der Waals surface area (Å²) in [5.74, 6) is 0. The standard InChI is InChI=1S/C16H13ClN2/c17-15-7-2-1-5-14(15)16(18)13-6-3-4-11-10-19-9-8-12(11)13/h1-10,16H,18H2. The quantitative estimate of drug-likeness (QED) is 0.765. The summed E-state index contributed by atoms with van der Waals surface area (Å²) in [5, 5.41) is 2.90. The van der Waals surface area contributed by atoms with E-state index in [1.165, 1.54) is 0 Å². The first-order valence-corrected chi connectivity index (χ1v) is 6.48. The monoisotopic (exact) mass is 268 g/mol. The molecule has 0 saturated heterocycles. The summed E-state index contributed by atoms with van der Waals surface area (Å²) in [6.45, 7) is 0. The molecule has 0 fully saturated rings. The fourth-order valence-corrected chi connectivity index (χ4v) is 2.57. The minimum atomic E-state index is -0.236. The Bertz CT molecular complexity index is 719. The largest absolute Gasteiger partial charge is 0.320 e. The summed E-state index contributed by atoms with van der Waals surface area (Å²) in [5.41, 5.74) is 8.38. The molecule has 0 aliphatic rings. The number of pyridine rings is 1. The molecule has 1 atom stereocenters. The molecule has 94 valence electrons. The molecule has 0 saturated carbocycles. The number of rotatable bonds is 2. The summed E-state index contributed by atoms with van der Waals surface area (Å²) in [6.07, 6.45) is 3.63. The highest BCUT2D eigenvalue weighted by Crippen LogP contribution is 2.30. The molecule has 0 aliphatic carbocycles. The van der Waals surface area contributed by atoms with Gasteiger partial charge in [0, 0.05) is 22.8 Å². The zero-order valence-corrected chi connectivity index (χ0v) is 11.0. The smallest absolute Gasteiger partial charge is 0.0572 e. The lowest BCUT2D eigenvalue weighted by Gasteiger charge is -2.16. The highest BCUT2D eigenvalue weighted by Gasteiger charge is 2.14. The Morgan fingerprint density at radius 1 is 0.947 bits per heavy atom. The first kappa shape index (κ1) is 12.2. The van der Waals surface area contributed by atoms with Crippen molar-refractivity contribution in [1.82, 2.24) is 4.98 Å². The van der Waals surface area contributed by atoms with Gasteiger partial charge in [0.25, 0.3) is 0 Å². The Labute approximate surface area is 116 Å². The van der Waals surface area contributed by atoms with Crippen molar-refractivity contribution in [2.24, 2.45) is 5.73 Å². The summed E-state index contributed by atoms with van der Waals surface area (Å²) < 4.78 is 0. The molecule has 1 heterocycles. The number of aromatic nitrogens is 1. The van der Waals surface area contributed by atoms with E-state index in [2.05, 4.69) is 4.98 Å². The molecule has 0 radical (unpaired) electrons. The van der Waals surface area contributed by atoms with Crippen LogP contribution in [-0.2, 0) is 0 Å². The molecule has 1 unspecified atom stereocenters. The minimum Gasteiger partial charge on any atom is -0.320 e. The number of hydrogen-bond acceptors (Lipinski definition) is 2. The number of hydrogen-bond donors (Lipinski definition) is 1. The second-order valence-corrected chi connectivity index (χ2v) is 4.85. The van der Waals surface area contributed by atoms with Crippen molar-refractivity contribution >= 4 is 22.4 Å². The highest BCUT2D eigenvalue weighted by atomic mass is 35.5. The topological polar surface area (TPSA) is 38.9 Å². The first-order valence-electron chi connectivity index (χ1n) is 6.10. The number of nitrogens with zero attached hydrogens (tertiary/aromatic N) is 1. The average Bonchev–Trinajstić information content (AvgIpc) is 2.46. The van der Waals surface area contributed by atoms with E-state index >= 15 is 0 Å². The molecule has 3 aromatic rings. The summed E-state index contributed by atoms with van der Waals surface area (Å²) in [7, 11) is 0. The molecular formula is C16H13ClN2. The predicted octanol–water partition coefficient (Wildman–Crippen LogP) is 3.94. The maximum Gasteiger partial charge on any atom is 0.0572 e. The Kier molecular flexibility index (Phi) is 3.20. The maximum absolute atomic E-state index is 6.38. The van der Waals surface area contributed by atoms with Gasteiger partial charge in [0.1, 0.15) is 0 Å². The predicted molar refractivity (Wildman–Crippen MR) is 79.2 cm³/mol. The van der Waals surface area contributed by atoms with Crippen molar-refractivity contribution in [3.05, 3.63) is 77.1 Å². The average molecular weight is 269 g/mol. The lowest BCUT2D eigenvalue weighted by Crippen LogP contribution is -2.12. The zero-order valence-electron chi connectivity index (χ0n) is 10.3. The summed E-state index contributed by atoms with van der Waals surface area (Å²) >= 11 is 6.23. The van der Waals surface area contributed by atoms with Crippen LogP contribution in [0.3, 0.4) is 0 Å². The molecule has 0 spiro atoms. The van der Waals surface area contributed by atoms with Gasteiger partial charge in [-0.3, -0.25) is 4.98 Å². The molecule has 19 heavy (non-hydrogen) atoms. The van der Waals surface area contributed by atoms with Gasteiger partial charge in [-0.25, -0.2) is 0 Å². The Hall–Kier alpha value is -1.90. The Morgan fingerprint density at radius 3 is 2.58 bits per heavy atom. The van der Waals surface area contributed by atoms with Gasteiger partial charge in [-0.2, -0.15) is 0 Å². The van der Waals surface area contributed by atoms with Crippen molar-refractivity contribution in [1.29, 1.82) is 0 Å². The molecule has 0 aliphatic heterocycles. The van der Waals surface area contributed by atoms with Crippen LogP contribution in [0.4, 0.5) is 0 Å². The van der Waals surface area contributed by atoms with Gasteiger partial charge >= 0.3 is 0 Å². The molecule has 2 nitrogen and oxygen atoms in total. The molecule has 1 aromatic heterocycles. The normalized spacial score (nSPS) is 12.5. The molecule has 0 amide bonds. The lowest BCUT2D eigenvalue weighted by atomic mass is 9.95. The maximum atomic E-state index is 6.38. The van der Waals surface area contributed by atoms with Gasteiger partial charge in [0.15, 0.2) is 0 Å². The number of fused-ring (bicyclic) bond motifs is 1. The SMILES string of the molecule is NC(c1ccccc1Cl)c1cccc2cnccc12. The van der Waals surface area contributed by atoms with Gasteiger partial charge in [0.05, 0.1) is 6.04 Å². The van der Waals surface area contributed by atoms with Crippen LogP contribution in [0.2, 0.25) is 5.02 Å². The first-order chi connectivity index (χ1) is 9.27. The fourth-order valence-electron chi connectivity index (χ4n) is 2.31. The van der Waals surface area contributed by atoms with Crippen LogP contribution in [0.5, 0.6) is 0 Å². The van der Waals surface area contributed by atoms with Crippen LogP contribution in [0.15, 0.2) is 60.9 Å². The van der Waals surface area contributed by atoms with Crippen molar-refractivity contribution in [3.8, 4) is 0 Å². The second-order valence-electron chi connectivity index (χ2n) is 4.44. The molecule has 0 bridgehead atoms. The fraction of sp³-hybridized carbons (Fsp3) is 0.0625. The van der Waals surface area contributed by atoms with E-state index in [0.29, 0.717) is 5.02 Å². The molecule has 2 aromatic carbocycles. The van der Waals surface area contributed by atoms with Crippen LogP contribution in [0.25, 0.3) is 10.8 Å². The van der Waals surface area contributed by atoms with E-state index in [1.807, 2.05) is 54.7 Å². The van der Waals surface area contributed by atoms with Crippen molar-refractivity contribution in [2.75, 3.05) is 0 Å². The van der Waals surface area contributed by atoms with Gasteiger partial charge in [-0.15, -0.1) is 0 Å². The molecule has 2 N–H and O–H groups in total. The third-order valence-corrected chi connectivity index (χ3v) is 3.63. The highest BCUT2D eigenvalue weighted by molar-refractivity contribution is 6.31. The van der Waals surface area contributed by atoms with E-state index in [4.69, 9.17) is 17.3 Å². The third-order valence-electron chi connectivity index (χ3n) is 3.29. The van der Waals surface area contributed by atoms with Crippen LogP contribution in [0, 0.1) is 0 Å². The Morgan fingerprint density at radius 2 is 1.74 bits per heavy atom. The molecule has 3 heteroatoms. The zero-order chi connectivity index (χ0) is 13.2. The van der Waals surface area contributed by atoms with Gasteiger partial charge in [-0.1, -0.05) is 48.0 Å². The molecular weight excluding hydrogens is 256 g/mol.